The molecule has 0 unspecified atom stereocenters. The van der Waals surface area contributed by atoms with Crippen LogP contribution in [0.5, 0.6) is 0 Å². The fourth-order valence-corrected chi connectivity index (χ4v) is 0.863. The Kier molecular flexibility index (Phi) is 2.77. The molecule has 0 fully saturated rings. The summed E-state index contributed by atoms with van der Waals surface area (Å²) in [7, 11) is 1.32. The van der Waals surface area contributed by atoms with E-state index in [1.165, 1.54) is 7.11 Å². The van der Waals surface area contributed by atoms with Gasteiger partial charge in [-0.25, -0.2) is 4.79 Å². The number of ether oxygens (including phenoxy) is 1. The summed E-state index contributed by atoms with van der Waals surface area (Å²) in [4.78, 5) is 33.1. The standard InChI is InChI=1S/C6H7N3O5/c1-14-3-8-2-4(9(12)13)5(10)7-6(8)11/h2H,3H2,1H3,(H,7,10,11). The van der Waals surface area contributed by atoms with Crippen LogP contribution < -0.4 is 11.2 Å². The first kappa shape index (κ1) is 10.1. The first-order valence-corrected chi connectivity index (χ1v) is 3.53. The first-order valence-electron chi connectivity index (χ1n) is 3.53. The molecule has 0 amide bonds. The lowest BCUT2D eigenvalue weighted by Crippen LogP contribution is -2.31. The molecule has 0 aromatic carbocycles. The van der Waals surface area contributed by atoms with Gasteiger partial charge >= 0.3 is 16.9 Å². The molecule has 0 radical (unpaired) electrons. The van der Waals surface area contributed by atoms with E-state index >= 15 is 0 Å². The van der Waals surface area contributed by atoms with Crippen LogP contribution in [0.4, 0.5) is 5.69 Å². The molecule has 14 heavy (non-hydrogen) atoms. The van der Waals surface area contributed by atoms with Gasteiger partial charge < -0.3 is 4.74 Å². The lowest BCUT2D eigenvalue weighted by Gasteiger charge is -2.01. The van der Waals surface area contributed by atoms with Crippen LogP contribution in [0, 0.1) is 10.1 Å². The van der Waals surface area contributed by atoms with Crippen LogP contribution in [-0.4, -0.2) is 21.6 Å². The lowest BCUT2D eigenvalue weighted by atomic mass is 10.5. The van der Waals surface area contributed by atoms with E-state index in [1.807, 2.05) is 0 Å². The van der Waals surface area contributed by atoms with Crippen LogP contribution in [0.25, 0.3) is 0 Å². The van der Waals surface area contributed by atoms with Crippen molar-refractivity contribution in [3.8, 4) is 0 Å². The van der Waals surface area contributed by atoms with E-state index in [1.54, 1.807) is 4.98 Å². The summed E-state index contributed by atoms with van der Waals surface area (Å²) < 4.78 is 5.49. The maximum atomic E-state index is 11.0. The normalized spacial score (nSPS) is 10.1. The number of nitrogens with zero attached hydrogens (tertiary/aromatic N) is 2. The van der Waals surface area contributed by atoms with E-state index < -0.39 is 21.9 Å². The Morgan fingerprint density at radius 2 is 2.29 bits per heavy atom. The molecule has 0 saturated heterocycles. The van der Waals surface area contributed by atoms with Crippen LogP contribution in [0.2, 0.25) is 0 Å². The molecule has 0 spiro atoms. The zero-order valence-electron chi connectivity index (χ0n) is 7.22. The minimum Gasteiger partial charge on any atom is -0.364 e. The fourth-order valence-electron chi connectivity index (χ4n) is 0.863. The Labute approximate surface area is 76.9 Å². The topological polar surface area (TPSA) is 107 Å². The van der Waals surface area contributed by atoms with Crippen molar-refractivity contribution in [1.82, 2.24) is 9.55 Å². The molecule has 0 aliphatic carbocycles. The van der Waals surface area contributed by atoms with Crippen LogP contribution in [-0.2, 0) is 11.5 Å². The minimum absolute atomic E-state index is 0.156. The Morgan fingerprint density at radius 3 is 2.79 bits per heavy atom. The van der Waals surface area contributed by atoms with Gasteiger partial charge in [0.2, 0.25) is 0 Å². The number of hydrogen-bond acceptors (Lipinski definition) is 5. The molecule has 0 aliphatic heterocycles. The zero-order valence-corrected chi connectivity index (χ0v) is 7.22. The predicted octanol–water partition coefficient (Wildman–Crippen LogP) is -0.951. The number of nitrogens with one attached hydrogen (secondary N) is 1. The Hall–Kier alpha value is -1.96. The maximum absolute atomic E-state index is 11.0. The van der Waals surface area contributed by atoms with E-state index in [-0.39, 0.29) is 6.73 Å². The molecular weight excluding hydrogens is 194 g/mol. The highest BCUT2D eigenvalue weighted by Gasteiger charge is 2.14. The van der Waals surface area contributed by atoms with Gasteiger partial charge in [-0.2, -0.15) is 0 Å². The first-order chi connectivity index (χ1) is 6.56. The van der Waals surface area contributed by atoms with Crippen molar-refractivity contribution in [2.75, 3.05) is 7.11 Å². The molecule has 1 aromatic heterocycles. The van der Waals surface area contributed by atoms with E-state index in [9.17, 15) is 19.7 Å². The van der Waals surface area contributed by atoms with E-state index in [4.69, 9.17) is 0 Å². The molecule has 1 heterocycles. The molecule has 8 nitrogen and oxygen atoms in total. The van der Waals surface area contributed by atoms with E-state index in [2.05, 4.69) is 4.74 Å². The van der Waals surface area contributed by atoms with Crippen LogP contribution in [0.3, 0.4) is 0 Å². The van der Waals surface area contributed by atoms with Crippen molar-refractivity contribution in [2.24, 2.45) is 0 Å². The Bertz CT molecular complexity index is 459. The van der Waals surface area contributed by atoms with Crippen molar-refractivity contribution in [3.63, 3.8) is 0 Å². The van der Waals surface area contributed by atoms with E-state index in [0.29, 0.717) is 0 Å². The van der Waals surface area contributed by atoms with Crippen molar-refractivity contribution in [1.29, 1.82) is 0 Å². The van der Waals surface area contributed by atoms with Gasteiger partial charge in [0.25, 0.3) is 0 Å². The molecule has 8 heteroatoms. The number of methoxy groups -OCH3 is 1. The van der Waals surface area contributed by atoms with Gasteiger partial charge in [0.1, 0.15) is 6.73 Å². The fraction of sp³-hybridized carbons (Fsp3) is 0.333. The van der Waals surface area contributed by atoms with Gasteiger partial charge in [-0.1, -0.05) is 0 Å². The van der Waals surface area contributed by atoms with Gasteiger partial charge in [0.05, 0.1) is 11.1 Å². The van der Waals surface area contributed by atoms with Crippen LogP contribution in [0.1, 0.15) is 0 Å². The second kappa shape index (κ2) is 3.83. The van der Waals surface area contributed by atoms with Crippen molar-refractivity contribution < 1.29 is 9.66 Å². The SMILES string of the molecule is COCn1cc([N+](=O)[O-])c(=O)[nH]c1=O. The van der Waals surface area contributed by atoms with Crippen LogP contribution in [0.15, 0.2) is 15.8 Å². The Morgan fingerprint density at radius 1 is 1.64 bits per heavy atom. The molecule has 1 aromatic rings. The summed E-state index contributed by atoms with van der Waals surface area (Å²) >= 11 is 0. The predicted molar refractivity (Wildman–Crippen MR) is 45.0 cm³/mol. The second-order valence-corrected chi connectivity index (χ2v) is 2.42. The summed E-state index contributed by atoms with van der Waals surface area (Å²) in [6, 6.07) is 0. The maximum Gasteiger partial charge on any atom is 0.350 e. The number of rotatable bonds is 3. The molecular formula is C6H7N3O5. The third-order valence-corrected chi connectivity index (χ3v) is 1.46. The highest BCUT2D eigenvalue weighted by Crippen LogP contribution is 1.98. The molecule has 1 N–H and O–H groups in total. The monoisotopic (exact) mass is 201 g/mol. The van der Waals surface area contributed by atoms with Gasteiger partial charge in [0, 0.05) is 7.11 Å². The largest absolute Gasteiger partial charge is 0.364 e. The molecule has 0 saturated carbocycles. The van der Waals surface area contributed by atoms with Gasteiger partial charge in [-0.05, 0) is 0 Å². The molecule has 0 aliphatic rings. The third-order valence-electron chi connectivity index (χ3n) is 1.46. The van der Waals surface area contributed by atoms with Crippen molar-refractivity contribution in [3.05, 3.63) is 37.1 Å². The average Bonchev–Trinajstić information content (AvgIpc) is 2.09. The van der Waals surface area contributed by atoms with Crippen molar-refractivity contribution in [2.45, 2.75) is 6.73 Å². The highest BCUT2D eigenvalue weighted by molar-refractivity contribution is 5.20. The van der Waals surface area contributed by atoms with E-state index in [0.717, 1.165) is 10.8 Å². The molecule has 76 valence electrons. The number of hydrogen-bond donors (Lipinski definition) is 1. The minimum atomic E-state index is -1.02. The van der Waals surface area contributed by atoms with Crippen LogP contribution >= 0.6 is 0 Å². The second-order valence-electron chi connectivity index (χ2n) is 2.42. The summed E-state index contributed by atoms with van der Waals surface area (Å²) in [6.07, 6.45) is 0.838. The highest BCUT2D eigenvalue weighted by atomic mass is 16.6. The summed E-state index contributed by atoms with van der Waals surface area (Å²) in [5, 5.41) is 10.3. The quantitative estimate of drug-likeness (QED) is 0.501. The Balaban J connectivity index is 3.35. The van der Waals surface area contributed by atoms with Gasteiger partial charge in [-0.15, -0.1) is 0 Å². The van der Waals surface area contributed by atoms with Gasteiger partial charge in [-0.3, -0.25) is 24.5 Å². The van der Waals surface area contributed by atoms with Gasteiger partial charge in [0.15, 0.2) is 0 Å². The number of H-pyrrole nitrogens is 1. The molecule has 0 atom stereocenters. The zero-order chi connectivity index (χ0) is 10.7. The summed E-state index contributed by atoms with van der Waals surface area (Å²) in [5.41, 5.74) is -2.46. The number of aromatic amines is 1. The average molecular weight is 201 g/mol. The summed E-state index contributed by atoms with van der Waals surface area (Å²) in [6.45, 7) is -0.156. The number of aromatic nitrogens is 2. The smallest absolute Gasteiger partial charge is 0.350 e. The summed E-state index contributed by atoms with van der Waals surface area (Å²) in [5.74, 6) is 0. The lowest BCUT2D eigenvalue weighted by molar-refractivity contribution is -0.386. The molecule has 0 bridgehead atoms. The number of nitro groups is 1. The van der Waals surface area contributed by atoms with Crippen molar-refractivity contribution >= 4 is 5.69 Å². The molecule has 1 rings (SSSR count). The third kappa shape index (κ3) is 1.85.